The Kier molecular flexibility index (Phi) is 3.46. The van der Waals surface area contributed by atoms with Crippen LogP contribution in [0.5, 0.6) is 0 Å². The summed E-state index contributed by atoms with van der Waals surface area (Å²) in [5.74, 6) is 0. The molecule has 2 rings (SSSR count). The summed E-state index contributed by atoms with van der Waals surface area (Å²) in [7, 11) is 0. The molecule has 0 aromatic heterocycles. The van der Waals surface area contributed by atoms with Gasteiger partial charge in [-0.2, -0.15) is 5.06 Å². The Morgan fingerprint density at radius 3 is 2.54 bits per heavy atom. The normalized spacial score (nSPS) is 14.8. The standard InChI is InChI=1S/C9H11NO.C2H6/c1-7-3-2-4-8-5-10(11)6-9(7)8;1-2/h2-4,11H,5-6H2,1H3;1-2H3. The summed E-state index contributed by atoms with van der Waals surface area (Å²) in [6.07, 6.45) is 0. The lowest BCUT2D eigenvalue weighted by Crippen LogP contribution is -2.08. The van der Waals surface area contributed by atoms with Gasteiger partial charge in [-0.05, 0) is 23.6 Å². The molecule has 2 nitrogen and oxygen atoms in total. The van der Waals surface area contributed by atoms with E-state index in [1.54, 1.807) is 0 Å². The van der Waals surface area contributed by atoms with Crippen LogP contribution in [0.2, 0.25) is 0 Å². The molecule has 1 heterocycles. The van der Waals surface area contributed by atoms with Crippen LogP contribution in [0.25, 0.3) is 0 Å². The van der Waals surface area contributed by atoms with Crippen LogP contribution in [0.3, 0.4) is 0 Å². The smallest absolute Gasteiger partial charge is 0.0498 e. The largest absolute Gasteiger partial charge is 0.313 e. The van der Waals surface area contributed by atoms with Gasteiger partial charge in [0.15, 0.2) is 0 Å². The lowest BCUT2D eigenvalue weighted by Gasteiger charge is -2.01. The van der Waals surface area contributed by atoms with Crippen LogP contribution in [0.1, 0.15) is 30.5 Å². The molecule has 1 aromatic carbocycles. The maximum absolute atomic E-state index is 9.21. The zero-order chi connectivity index (χ0) is 9.84. The summed E-state index contributed by atoms with van der Waals surface area (Å²) in [4.78, 5) is 0. The molecular formula is C11H17NO. The number of hydrogen-bond donors (Lipinski definition) is 1. The van der Waals surface area contributed by atoms with Gasteiger partial charge >= 0.3 is 0 Å². The topological polar surface area (TPSA) is 23.5 Å². The van der Waals surface area contributed by atoms with Crippen molar-refractivity contribution in [3.63, 3.8) is 0 Å². The van der Waals surface area contributed by atoms with Crippen LogP contribution >= 0.6 is 0 Å². The van der Waals surface area contributed by atoms with Crippen molar-refractivity contribution in [1.82, 2.24) is 5.06 Å². The quantitative estimate of drug-likeness (QED) is 0.662. The van der Waals surface area contributed by atoms with Crippen LogP contribution in [0, 0.1) is 6.92 Å². The van der Waals surface area contributed by atoms with Gasteiger partial charge in [0.25, 0.3) is 0 Å². The molecule has 0 saturated heterocycles. The maximum atomic E-state index is 9.21. The molecule has 13 heavy (non-hydrogen) atoms. The fraction of sp³-hybridized carbons (Fsp3) is 0.455. The highest BCUT2D eigenvalue weighted by molar-refractivity contribution is 5.36. The van der Waals surface area contributed by atoms with E-state index in [4.69, 9.17) is 0 Å². The molecule has 0 saturated carbocycles. The molecule has 1 aliphatic rings. The number of benzene rings is 1. The number of nitrogens with zero attached hydrogens (tertiary/aromatic N) is 1. The molecule has 1 N–H and O–H groups in total. The number of hydroxylamine groups is 2. The molecule has 0 amide bonds. The highest BCUT2D eigenvalue weighted by Gasteiger charge is 2.17. The average molecular weight is 179 g/mol. The van der Waals surface area contributed by atoms with Crippen LogP contribution in [-0.4, -0.2) is 10.3 Å². The van der Waals surface area contributed by atoms with E-state index in [0.717, 1.165) is 0 Å². The number of rotatable bonds is 0. The Morgan fingerprint density at radius 1 is 1.23 bits per heavy atom. The molecule has 0 aliphatic carbocycles. The van der Waals surface area contributed by atoms with Crippen molar-refractivity contribution in [1.29, 1.82) is 0 Å². The Morgan fingerprint density at radius 2 is 1.92 bits per heavy atom. The zero-order valence-electron chi connectivity index (χ0n) is 8.54. The van der Waals surface area contributed by atoms with E-state index < -0.39 is 0 Å². The van der Waals surface area contributed by atoms with E-state index in [1.165, 1.54) is 21.8 Å². The first kappa shape index (κ1) is 10.2. The van der Waals surface area contributed by atoms with Crippen molar-refractivity contribution < 1.29 is 5.21 Å². The van der Waals surface area contributed by atoms with Gasteiger partial charge in [-0.1, -0.05) is 32.0 Å². The minimum atomic E-state index is 0.678. The highest BCUT2D eigenvalue weighted by atomic mass is 16.5. The summed E-state index contributed by atoms with van der Waals surface area (Å²) in [6, 6.07) is 6.18. The van der Waals surface area contributed by atoms with Crippen molar-refractivity contribution in [2.45, 2.75) is 33.9 Å². The second-order valence-corrected chi connectivity index (χ2v) is 3.04. The van der Waals surface area contributed by atoms with Gasteiger partial charge in [-0.25, -0.2) is 0 Å². The van der Waals surface area contributed by atoms with Gasteiger partial charge in [0, 0.05) is 13.1 Å². The predicted octanol–water partition coefficient (Wildman–Crippen LogP) is 2.73. The van der Waals surface area contributed by atoms with E-state index >= 15 is 0 Å². The molecule has 0 spiro atoms. The van der Waals surface area contributed by atoms with E-state index in [0.29, 0.717) is 13.1 Å². The van der Waals surface area contributed by atoms with Crippen molar-refractivity contribution in [2.24, 2.45) is 0 Å². The van der Waals surface area contributed by atoms with E-state index in [1.807, 2.05) is 19.9 Å². The second-order valence-electron chi connectivity index (χ2n) is 3.04. The van der Waals surface area contributed by atoms with Crippen molar-refractivity contribution in [3.8, 4) is 0 Å². The van der Waals surface area contributed by atoms with Crippen molar-refractivity contribution >= 4 is 0 Å². The molecule has 1 aromatic rings. The van der Waals surface area contributed by atoms with E-state index in [-0.39, 0.29) is 0 Å². The molecule has 0 atom stereocenters. The lowest BCUT2D eigenvalue weighted by molar-refractivity contribution is -0.0970. The molecule has 0 fully saturated rings. The monoisotopic (exact) mass is 179 g/mol. The molecule has 0 bridgehead atoms. The lowest BCUT2D eigenvalue weighted by atomic mass is 10.1. The fourth-order valence-corrected chi connectivity index (χ4v) is 1.57. The maximum Gasteiger partial charge on any atom is 0.0498 e. The van der Waals surface area contributed by atoms with Crippen LogP contribution in [-0.2, 0) is 13.1 Å². The first-order chi connectivity index (χ1) is 6.27. The molecule has 2 heteroatoms. The zero-order valence-corrected chi connectivity index (χ0v) is 8.54. The SMILES string of the molecule is CC.Cc1cccc2c1CN(O)C2. The molecule has 72 valence electrons. The summed E-state index contributed by atoms with van der Waals surface area (Å²) in [5.41, 5.74) is 3.82. The van der Waals surface area contributed by atoms with E-state index in [2.05, 4.69) is 19.1 Å². The van der Waals surface area contributed by atoms with Gasteiger partial charge in [-0.3, -0.25) is 0 Å². The minimum absolute atomic E-state index is 0.678. The number of hydrogen-bond acceptors (Lipinski definition) is 2. The predicted molar refractivity (Wildman–Crippen MR) is 53.6 cm³/mol. The van der Waals surface area contributed by atoms with E-state index in [9.17, 15) is 5.21 Å². The third kappa shape index (κ3) is 2.08. The van der Waals surface area contributed by atoms with Gasteiger partial charge in [0.1, 0.15) is 0 Å². The highest BCUT2D eigenvalue weighted by Crippen LogP contribution is 2.23. The molecule has 1 aliphatic heterocycles. The van der Waals surface area contributed by atoms with Crippen molar-refractivity contribution in [2.75, 3.05) is 0 Å². The Labute approximate surface area is 79.8 Å². The first-order valence-corrected chi connectivity index (χ1v) is 4.78. The summed E-state index contributed by atoms with van der Waals surface area (Å²) >= 11 is 0. The third-order valence-electron chi connectivity index (χ3n) is 2.20. The third-order valence-corrected chi connectivity index (χ3v) is 2.20. The molecule has 0 radical (unpaired) electrons. The van der Waals surface area contributed by atoms with Crippen LogP contribution in [0.4, 0.5) is 0 Å². The van der Waals surface area contributed by atoms with Crippen LogP contribution in [0.15, 0.2) is 18.2 Å². The van der Waals surface area contributed by atoms with Crippen LogP contribution < -0.4 is 0 Å². The Bertz CT molecular complexity index is 283. The average Bonchev–Trinajstić information content (AvgIpc) is 2.51. The van der Waals surface area contributed by atoms with Gasteiger partial charge in [0.2, 0.25) is 0 Å². The number of aryl methyl sites for hydroxylation is 1. The molecule has 0 unspecified atom stereocenters. The fourth-order valence-electron chi connectivity index (χ4n) is 1.57. The minimum Gasteiger partial charge on any atom is -0.313 e. The van der Waals surface area contributed by atoms with Gasteiger partial charge < -0.3 is 5.21 Å². The Balaban J connectivity index is 0.000000396. The second kappa shape index (κ2) is 4.40. The molecular weight excluding hydrogens is 162 g/mol. The summed E-state index contributed by atoms with van der Waals surface area (Å²) < 4.78 is 0. The first-order valence-electron chi connectivity index (χ1n) is 4.78. The van der Waals surface area contributed by atoms with Gasteiger partial charge in [0.05, 0.1) is 0 Å². The van der Waals surface area contributed by atoms with Gasteiger partial charge in [-0.15, -0.1) is 0 Å². The number of fused-ring (bicyclic) bond motifs is 1. The summed E-state index contributed by atoms with van der Waals surface area (Å²) in [5, 5.41) is 10.6. The Hall–Kier alpha value is -0.860. The van der Waals surface area contributed by atoms with Crippen molar-refractivity contribution in [3.05, 3.63) is 34.9 Å². The summed E-state index contributed by atoms with van der Waals surface area (Å²) in [6.45, 7) is 7.44.